The van der Waals surface area contributed by atoms with Crippen molar-refractivity contribution < 1.29 is 9.13 Å². The largest absolute Gasteiger partial charge is 0.455 e. The van der Waals surface area contributed by atoms with Gasteiger partial charge in [-0.25, -0.2) is 4.39 Å². The average molecular weight is 429 g/mol. The lowest BCUT2D eigenvalue weighted by Crippen LogP contribution is -1.93. The van der Waals surface area contributed by atoms with Crippen molar-refractivity contribution in [1.29, 1.82) is 0 Å². The number of hydrogen-bond donors (Lipinski definition) is 0. The first-order valence-electron chi connectivity index (χ1n) is 5.18. The predicted molar refractivity (Wildman–Crippen MR) is 83.3 cm³/mol. The van der Waals surface area contributed by atoms with E-state index in [1.165, 1.54) is 6.07 Å². The summed E-state index contributed by atoms with van der Waals surface area (Å²) in [6.45, 7) is 0. The second-order valence-electron chi connectivity index (χ2n) is 3.65. The summed E-state index contributed by atoms with van der Waals surface area (Å²) in [6, 6.07) is 7.83. The lowest BCUT2D eigenvalue weighted by atomic mass is 10.2. The summed E-state index contributed by atoms with van der Waals surface area (Å²) in [4.78, 5) is 0. The highest BCUT2D eigenvalue weighted by Gasteiger charge is 2.12. The van der Waals surface area contributed by atoms with Crippen LogP contribution in [0.2, 0.25) is 10.0 Å². The van der Waals surface area contributed by atoms with Gasteiger partial charge in [0.05, 0.1) is 10.0 Å². The Morgan fingerprint density at radius 2 is 1.84 bits per heavy atom. The van der Waals surface area contributed by atoms with Gasteiger partial charge in [0.1, 0.15) is 17.3 Å². The van der Waals surface area contributed by atoms with Crippen LogP contribution in [0.25, 0.3) is 0 Å². The summed E-state index contributed by atoms with van der Waals surface area (Å²) < 4.78 is 19.9. The first-order chi connectivity index (χ1) is 9.02. The van der Waals surface area contributed by atoms with E-state index in [1.807, 2.05) is 0 Å². The number of halogens is 5. The Morgan fingerprint density at radius 3 is 2.53 bits per heavy atom. The van der Waals surface area contributed by atoms with Crippen LogP contribution in [0, 0.1) is 5.82 Å². The Bertz CT molecular complexity index is 620. The van der Waals surface area contributed by atoms with E-state index >= 15 is 0 Å². The van der Waals surface area contributed by atoms with Gasteiger partial charge in [0, 0.05) is 21.4 Å². The van der Waals surface area contributed by atoms with Gasteiger partial charge in [-0.15, -0.1) is 0 Å². The van der Waals surface area contributed by atoms with Crippen LogP contribution in [0.1, 0.15) is 5.56 Å². The summed E-state index contributed by atoms with van der Waals surface area (Å²) in [6.07, 6.45) is 0. The smallest absolute Gasteiger partial charge is 0.147 e. The van der Waals surface area contributed by atoms with Crippen molar-refractivity contribution in [2.75, 3.05) is 0 Å². The average Bonchev–Trinajstić information content (AvgIpc) is 2.36. The summed E-state index contributed by atoms with van der Waals surface area (Å²) in [5, 5.41) is 1.20. The summed E-state index contributed by atoms with van der Waals surface area (Å²) in [5.74, 6) is 0.438. The van der Waals surface area contributed by atoms with Crippen LogP contribution in [0.15, 0.2) is 34.8 Å². The molecule has 19 heavy (non-hydrogen) atoms. The fraction of sp³-hybridized carbons (Fsp3) is 0.0769. The van der Waals surface area contributed by atoms with Gasteiger partial charge >= 0.3 is 0 Å². The molecule has 0 bridgehead atoms. The molecule has 2 aromatic carbocycles. The molecule has 0 saturated carbocycles. The topological polar surface area (TPSA) is 9.23 Å². The lowest BCUT2D eigenvalue weighted by Gasteiger charge is -2.12. The van der Waals surface area contributed by atoms with Crippen molar-refractivity contribution in [3.63, 3.8) is 0 Å². The van der Waals surface area contributed by atoms with Crippen LogP contribution in [0.3, 0.4) is 0 Å². The van der Waals surface area contributed by atoms with Crippen LogP contribution < -0.4 is 4.74 Å². The molecule has 0 atom stereocenters. The molecule has 1 nitrogen and oxygen atoms in total. The predicted octanol–water partition coefficient (Wildman–Crippen LogP) is 6.58. The van der Waals surface area contributed by atoms with Gasteiger partial charge in [0.15, 0.2) is 0 Å². The molecule has 0 saturated heterocycles. The Kier molecular flexibility index (Phi) is 5.12. The molecule has 0 aromatic heterocycles. The molecule has 0 fully saturated rings. The van der Waals surface area contributed by atoms with Gasteiger partial charge in [-0.05, 0) is 34.1 Å². The van der Waals surface area contributed by atoms with Crippen molar-refractivity contribution in [2.45, 2.75) is 5.33 Å². The third kappa shape index (κ3) is 3.43. The quantitative estimate of drug-likeness (QED) is 0.396. The number of hydrogen-bond acceptors (Lipinski definition) is 1. The number of benzene rings is 2. The molecule has 0 unspecified atom stereocenters. The molecule has 0 aliphatic rings. The molecule has 0 spiro atoms. The molecule has 0 aliphatic carbocycles. The van der Waals surface area contributed by atoms with Gasteiger partial charge in [-0.2, -0.15) is 0 Å². The second-order valence-corrected chi connectivity index (χ2v) is 5.88. The van der Waals surface area contributed by atoms with E-state index in [0.717, 1.165) is 0 Å². The highest BCUT2D eigenvalue weighted by Crippen LogP contribution is 2.38. The Morgan fingerprint density at radius 1 is 1.11 bits per heavy atom. The normalized spacial score (nSPS) is 10.6. The minimum absolute atomic E-state index is 0.339. The Balaban J connectivity index is 2.42. The van der Waals surface area contributed by atoms with Gasteiger partial charge in [-0.3, -0.25) is 0 Å². The van der Waals surface area contributed by atoms with E-state index in [-0.39, 0.29) is 5.82 Å². The Labute approximate surface area is 136 Å². The van der Waals surface area contributed by atoms with Gasteiger partial charge in [0.25, 0.3) is 0 Å². The summed E-state index contributed by atoms with van der Waals surface area (Å²) in [5.41, 5.74) is 0.428. The van der Waals surface area contributed by atoms with E-state index in [2.05, 4.69) is 31.9 Å². The molecule has 0 aliphatic heterocycles. The zero-order valence-electron chi connectivity index (χ0n) is 9.39. The maximum atomic E-state index is 13.6. The third-order valence-corrected chi connectivity index (χ3v) is 4.46. The molecular formula is C13H7Br2Cl2FO. The van der Waals surface area contributed by atoms with Gasteiger partial charge in [0.2, 0.25) is 0 Å². The second kappa shape index (κ2) is 6.44. The van der Waals surface area contributed by atoms with E-state index in [4.69, 9.17) is 27.9 Å². The van der Waals surface area contributed by atoms with Crippen molar-refractivity contribution in [1.82, 2.24) is 0 Å². The molecular weight excluding hydrogens is 422 g/mol. The lowest BCUT2D eigenvalue weighted by molar-refractivity contribution is 0.471. The highest BCUT2D eigenvalue weighted by atomic mass is 79.9. The fourth-order valence-electron chi connectivity index (χ4n) is 1.47. The van der Waals surface area contributed by atoms with Crippen molar-refractivity contribution in [3.05, 3.63) is 56.2 Å². The van der Waals surface area contributed by atoms with E-state index in [9.17, 15) is 4.39 Å². The summed E-state index contributed by atoms with van der Waals surface area (Å²) in [7, 11) is 0. The monoisotopic (exact) mass is 426 g/mol. The van der Waals surface area contributed by atoms with Crippen LogP contribution in [-0.2, 0) is 5.33 Å². The Hall–Kier alpha value is -0.290. The van der Waals surface area contributed by atoms with E-state index in [1.54, 1.807) is 24.3 Å². The molecule has 0 N–H and O–H groups in total. The van der Waals surface area contributed by atoms with Crippen LogP contribution in [0.5, 0.6) is 11.5 Å². The van der Waals surface area contributed by atoms with Crippen LogP contribution in [0.4, 0.5) is 4.39 Å². The molecule has 0 amide bonds. The maximum Gasteiger partial charge on any atom is 0.147 e. The van der Waals surface area contributed by atoms with E-state index in [0.29, 0.717) is 36.9 Å². The molecule has 2 rings (SSSR count). The highest BCUT2D eigenvalue weighted by molar-refractivity contribution is 9.10. The molecule has 0 heterocycles. The number of rotatable bonds is 3. The van der Waals surface area contributed by atoms with Crippen LogP contribution in [-0.4, -0.2) is 0 Å². The minimum atomic E-state index is -0.339. The zero-order valence-corrected chi connectivity index (χ0v) is 14.1. The number of ether oxygens (including phenoxy) is 1. The SMILES string of the molecule is Fc1cccc(Oc2cc(Cl)c(Br)cc2Cl)c1CBr. The number of alkyl halides is 1. The van der Waals surface area contributed by atoms with Crippen molar-refractivity contribution in [3.8, 4) is 11.5 Å². The van der Waals surface area contributed by atoms with Gasteiger partial charge in [-0.1, -0.05) is 45.2 Å². The summed E-state index contributed by atoms with van der Waals surface area (Å²) >= 11 is 18.6. The first-order valence-corrected chi connectivity index (χ1v) is 7.85. The minimum Gasteiger partial charge on any atom is -0.455 e. The molecule has 2 aromatic rings. The standard InChI is InChI=1S/C13H7Br2Cl2FO/c14-6-7-11(18)2-1-3-12(7)19-13-5-9(16)8(15)4-10(13)17/h1-5H,6H2. The van der Waals surface area contributed by atoms with Gasteiger partial charge < -0.3 is 4.74 Å². The van der Waals surface area contributed by atoms with Crippen molar-refractivity contribution in [2.24, 2.45) is 0 Å². The third-order valence-electron chi connectivity index (χ3n) is 2.40. The van der Waals surface area contributed by atoms with Crippen LogP contribution >= 0.6 is 55.1 Å². The molecule has 6 heteroatoms. The maximum absolute atomic E-state index is 13.6. The molecule has 100 valence electrons. The van der Waals surface area contributed by atoms with E-state index < -0.39 is 0 Å². The fourth-order valence-corrected chi connectivity index (χ4v) is 2.84. The molecule has 0 radical (unpaired) electrons. The zero-order chi connectivity index (χ0) is 14.0. The first kappa shape index (κ1) is 15.1. The van der Waals surface area contributed by atoms with Crippen molar-refractivity contribution >= 4 is 55.1 Å².